The van der Waals surface area contributed by atoms with E-state index in [0.717, 1.165) is 42.6 Å². The van der Waals surface area contributed by atoms with Crippen LogP contribution in [0.25, 0.3) is 6.08 Å². The Labute approximate surface area is 156 Å². The molecule has 1 saturated heterocycles. The first-order valence-electron chi connectivity index (χ1n) is 10.1. The molecule has 0 unspecified atom stereocenters. The lowest BCUT2D eigenvalue weighted by molar-refractivity contribution is 0.00578. The van der Waals surface area contributed by atoms with Crippen LogP contribution < -0.4 is 0 Å². The van der Waals surface area contributed by atoms with Gasteiger partial charge in [-0.05, 0) is 59.5 Å². The van der Waals surface area contributed by atoms with Gasteiger partial charge in [0.25, 0.3) is 0 Å². The highest BCUT2D eigenvalue weighted by Crippen LogP contribution is 2.44. The van der Waals surface area contributed by atoms with Crippen molar-refractivity contribution < 1.29 is 13.7 Å². The number of halogens is 1. The van der Waals surface area contributed by atoms with Crippen LogP contribution in [0.4, 0.5) is 4.39 Å². The third kappa shape index (κ3) is 3.05. The van der Waals surface area contributed by atoms with Crippen LogP contribution in [0.1, 0.15) is 101 Å². The molecule has 0 spiro atoms. The molecule has 26 heavy (non-hydrogen) atoms. The molecule has 3 aliphatic rings. The first-order valence-corrected chi connectivity index (χ1v) is 10.1. The topological polar surface area (TPSA) is 47.1 Å². The zero-order valence-electron chi connectivity index (χ0n) is 16.4. The highest BCUT2D eigenvalue weighted by Gasteiger charge is 2.53. The van der Waals surface area contributed by atoms with E-state index in [1.807, 2.05) is 27.7 Å². The van der Waals surface area contributed by atoms with Crippen LogP contribution in [0.3, 0.4) is 0 Å². The summed E-state index contributed by atoms with van der Waals surface area (Å²) in [5.74, 6) is 0.924. The van der Waals surface area contributed by atoms with Crippen molar-refractivity contribution in [2.75, 3.05) is 0 Å². The lowest BCUT2D eigenvalue weighted by atomic mass is 9.79. The van der Waals surface area contributed by atoms with Gasteiger partial charge in [0, 0.05) is 23.1 Å². The van der Waals surface area contributed by atoms with Gasteiger partial charge in [0.15, 0.2) is 0 Å². The number of aromatic amines is 1. The Morgan fingerprint density at radius 3 is 2.15 bits per heavy atom. The Hall–Kier alpha value is -1.14. The summed E-state index contributed by atoms with van der Waals surface area (Å²) in [6, 6.07) is 0. The Kier molecular flexibility index (Phi) is 4.55. The third-order valence-electron chi connectivity index (χ3n) is 6.88. The van der Waals surface area contributed by atoms with Crippen molar-refractivity contribution in [3.8, 4) is 0 Å². The van der Waals surface area contributed by atoms with Gasteiger partial charge in [0.1, 0.15) is 5.73 Å². The van der Waals surface area contributed by atoms with E-state index in [9.17, 15) is 0 Å². The second-order valence-electron chi connectivity index (χ2n) is 9.16. The maximum Gasteiger partial charge on any atom is 0.525 e. The standard InChI is InChI=1S/C20H30BFN2O2/c1-19(2)20(3,4)26-21(25-19)16(22)12-15-17(13-8-5-6-9-13)23-24-18(15)14-10-7-11-14/h12-14H,5-11H2,1-4H3,(H,23,24). The fourth-order valence-corrected chi connectivity index (χ4v) is 4.21. The number of hydrogen-bond donors (Lipinski definition) is 1. The van der Waals surface area contributed by atoms with Gasteiger partial charge >= 0.3 is 7.12 Å². The number of nitrogens with zero attached hydrogens (tertiary/aromatic N) is 1. The Morgan fingerprint density at radius 1 is 1.04 bits per heavy atom. The molecule has 2 heterocycles. The first-order chi connectivity index (χ1) is 12.3. The van der Waals surface area contributed by atoms with E-state index >= 15 is 4.39 Å². The fraction of sp³-hybridized carbons (Fsp3) is 0.750. The molecule has 6 heteroatoms. The van der Waals surface area contributed by atoms with Crippen LogP contribution >= 0.6 is 0 Å². The van der Waals surface area contributed by atoms with E-state index in [0.29, 0.717) is 11.8 Å². The van der Waals surface area contributed by atoms with E-state index in [2.05, 4.69) is 10.2 Å². The summed E-state index contributed by atoms with van der Waals surface area (Å²) in [5.41, 5.74) is 1.66. The Balaban J connectivity index is 1.65. The summed E-state index contributed by atoms with van der Waals surface area (Å²) >= 11 is 0. The van der Waals surface area contributed by atoms with E-state index in [-0.39, 0.29) is 5.73 Å². The largest absolute Gasteiger partial charge is 0.525 e. The molecule has 1 N–H and O–H groups in total. The molecule has 0 atom stereocenters. The highest BCUT2D eigenvalue weighted by molar-refractivity contribution is 6.54. The third-order valence-corrected chi connectivity index (χ3v) is 6.88. The summed E-state index contributed by atoms with van der Waals surface area (Å²) in [4.78, 5) is 0. The van der Waals surface area contributed by atoms with Crippen LogP contribution in [0.15, 0.2) is 5.73 Å². The summed E-state index contributed by atoms with van der Waals surface area (Å²) in [6.07, 6.45) is 9.96. The zero-order valence-corrected chi connectivity index (χ0v) is 16.4. The fourth-order valence-electron chi connectivity index (χ4n) is 4.21. The monoisotopic (exact) mass is 360 g/mol. The summed E-state index contributed by atoms with van der Waals surface area (Å²) < 4.78 is 26.9. The number of aromatic nitrogens is 2. The smallest absolute Gasteiger partial charge is 0.398 e. The molecule has 4 nitrogen and oxygen atoms in total. The average molecular weight is 360 g/mol. The average Bonchev–Trinajstić information content (AvgIpc) is 3.18. The first kappa shape index (κ1) is 18.2. The van der Waals surface area contributed by atoms with Crippen molar-refractivity contribution in [3.05, 3.63) is 22.7 Å². The van der Waals surface area contributed by atoms with E-state index in [1.165, 1.54) is 19.3 Å². The Morgan fingerprint density at radius 2 is 1.62 bits per heavy atom. The van der Waals surface area contributed by atoms with Gasteiger partial charge in [0.2, 0.25) is 0 Å². The van der Waals surface area contributed by atoms with Crippen molar-refractivity contribution in [2.45, 2.75) is 95.7 Å². The molecule has 0 radical (unpaired) electrons. The zero-order chi connectivity index (χ0) is 18.5. The van der Waals surface area contributed by atoms with Gasteiger partial charge in [0.05, 0.1) is 16.9 Å². The van der Waals surface area contributed by atoms with Crippen LogP contribution in [0.5, 0.6) is 0 Å². The molecule has 2 saturated carbocycles. The molecule has 4 rings (SSSR count). The van der Waals surface area contributed by atoms with Gasteiger partial charge in [-0.2, -0.15) is 5.10 Å². The molecule has 0 amide bonds. The van der Waals surface area contributed by atoms with Gasteiger partial charge in [-0.25, -0.2) is 4.39 Å². The predicted octanol–water partition coefficient (Wildman–Crippen LogP) is 5.28. The molecule has 1 aromatic heterocycles. The quantitative estimate of drug-likeness (QED) is 0.744. The number of rotatable bonds is 4. The number of hydrogen-bond acceptors (Lipinski definition) is 3. The molecule has 0 aromatic carbocycles. The van der Waals surface area contributed by atoms with Gasteiger partial charge < -0.3 is 9.31 Å². The van der Waals surface area contributed by atoms with E-state index < -0.39 is 18.3 Å². The van der Waals surface area contributed by atoms with Crippen molar-refractivity contribution in [1.29, 1.82) is 0 Å². The Bertz CT molecular complexity index is 687. The van der Waals surface area contributed by atoms with Crippen molar-refractivity contribution in [1.82, 2.24) is 10.2 Å². The summed E-state index contributed by atoms with van der Waals surface area (Å²) in [7, 11) is -0.944. The minimum Gasteiger partial charge on any atom is -0.398 e. The lowest BCUT2D eigenvalue weighted by Crippen LogP contribution is -2.41. The van der Waals surface area contributed by atoms with Crippen molar-refractivity contribution >= 4 is 13.2 Å². The van der Waals surface area contributed by atoms with Crippen molar-refractivity contribution in [2.24, 2.45) is 0 Å². The summed E-state index contributed by atoms with van der Waals surface area (Å²) in [6.45, 7) is 7.79. The SMILES string of the molecule is CC1(C)OB(C(F)=Cc2c(C3CCC3)n[nH]c2C2CCCC2)OC1(C)C. The van der Waals surface area contributed by atoms with Crippen LogP contribution in [0, 0.1) is 0 Å². The van der Waals surface area contributed by atoms with Crippen LogP contribution in [-0.4, -0.2) is 28.5 Å². The van der Waals surface area contributed by atoms with Gasteiger partial charge in [-0.1, -0.05) is 19.3 Å². The number of H-pyrrole nitrogens is 1. The molecule has 1 aromatic rings. The molecule has 0 bridgehead atoms. The minimum atomic E-state index is -0.944. The molecular formula is C20H30BFN2O2. The highest BCUT2D eigenvalue weighted by atomic mass is 19.1. The van der Waals surface area contributed by atoms with Gasteiger partial charge in [-0.3, -0.25) is 5.10 Å². The normalized spacial score (nSPS) is 26.5. The second kappa shape index (κ2) is 6.48. The molecule has 1 aliphatic heterocycles. The van der Waals surface area contributed by atoms with E-state index in [4.69, 9.17) is 9.31 Å². The van der Waals surface area contributed by atoms with Gasteiger partial charge in [-0.15, -0.1) is 0 Å². The molecule has 3 fully saturated rings. The van der Waals surface area contributed by atoms with Crippen LogP contribution in [0.2, 0.25) is 0 Å². The molecular weight excluding hydrogens is 330 g/mol. The van der Waals surface area contributed by atoms with Crippen LogP contribution in [-0.2, 0) is 9.31 Å². The lowest BCUT2D eigenvalue weighted by Gasteiger charge is -2.32. The maximum absolute atomic E-state index is 15.2. The molecule has 142 valence electrons. The minimum absolute atomic E-state index is 0.357. The molecule has 2 aliphatic carbocycles. The summed E-state index contributed by atoms with van der Waals surface area (Å²) in [5, 5.41) is 7.85. The van der Waals surface area contributed by atoms with Crippen molar-refractivity contribution in [3.63, 3.8) is 0 Å². The number of nitrogens with one attached hydrogen (secondary N) is 1. The second-order valence-corrected chi connectivity index (χ2v) is 9.16. The maximum atomic E-state index is 15.2. The van der Waals surface area contributed by atoms with E-state index in [1.54, 1.807) is 6.08 Å². The predicted molar refractivity (Wildman–Crippen MR) is 102 cm³/mol.